The highest BCUT2D eigenvalue weighted by Gasteiger charge is 2.08. The van der Waals surface area contributed by atoms with Gasteiger partial charge in [0.25, 0.3) is 0 Å². The predicted octanol–water partition coefficient (Wildman–Crippen LogP) is 10.6. The normalized spacial score (nSPS) is 12.5. The van der Waals surface area contributed by atoms with Crippen molar-refractivity contribution in [3.63, 3.8) is 0 Å². The van der Waals surface area contributed by atoms with Crippen LogP contribution >= 0.6 is 0 Å². The Labute approximate surface area is 178 Å². The standard InChI is InChI=1S/C27H55F/c1-3-5-7-9-10-12-16-20-24-27(23-19-15-8-6-4-2)25-21-17-13-11-14-18-22-26-28/h27H,3-26H2,1-2H3. The Morgan fingerprint density at radius 2 is 0.679 bits per heavy atom. The summed E-state index contributed by atoms with van der Waals surface area (Å²) in [6.45, 7) is 4.48. The SMILES string of the molecule is CCCCCCCCCCC(CCCCCCC)CCCCCCCCCF. The molecule has 0 aliphatic heterocycles. The van der Waals surface area contributed by atoms with E-state index in [-0.39, 0.29) is 6.67 Å². The van der Waals surface area contributed by atoms with Crippen LogP contribution in [0.5, 0.6) is 0 Å². The summed E-state index contributed by atoms with van der Waals surface area (Å²) in [5.74, 6) is 0.994. The minimum absolute atomic E-state index is 0.126. The van der Waals surface area contributed by atoms with Crippen LogP contribution in [0.2, 0.25) is 0 Å². The molecule has 0 saturated carbocycles. The summed E-state index contributed by atoms with van der Waals surface area (Å²) in [5, 5.41) is 0. The van der Waals surface area contributed by atoms with Crippen LogP contribution in [0.25, 0.3) is 0 Å². The highest BCUT2D eigenvalue weighted by Crippen LogP contribution is 2.24. The molecule has 1 heteroatoms. The van der Waals surface area contributed by atoms with Crippen LogP contribution in [0, 0.1) is 5.92 Å². The molecule has 0 heterocycles. The second kappa shape index (κ2) is 25.0. The number of hydrogen-bond donors (Lipinski definition) is 0. The fourth-order valence-corrected chi connectivity index (χ4v) is 4.45. The van der Waals surface area contributed by atoms with Crippen molar-refractivity contribution in [2.24, 2.45) is 5.92 Å². The van der Waals surface area contributed by atoms with Gasteiger partial charge in [-0.05, 0) is 12.3 Å². The third kappa shape index (κ3) is 22.2. The average molecular weight is 399 g/mol. The summed E-state index contributed by atoms with van der Waals surface area (Å²) in [6, 6.07) is 0. The minimum Gasteiger partial charge on any atom is -0.251 e. The first-order valence-corrected chi connectivity index (χ1v) is 13.4. The first-order valence-electron chi connectivity index (χ1n) is 13.4. The Balaban J connectivity index is 3.75. The first-order chi connectivity index (χ1) is 13.8. The van der Waals surface area contributed by atoms with Gasteiger partial charge < -0.3 is 0 Å². The first kappa shape index (κ1) is 27.9. The van der Waals surface area contributed by atoms with Crippen molar-refractivity contribution in [2.75, 3.05) is 6.67 Å². The van der Waals surface area contributed by atoms with E-state index >= 15 is 0 Å². The van der Waals surface area contributed by atoms with Gasteiger partial charge in [-0.15, -0.1) is 0 Å². The summed E-state index contributed by atoms with van der Waals surface area (Å²) < 4.78 is 12.1. The van der Waals surface area contributed by atoms with Crippen LogP contribution in [0.1, 0.15) is 162 Å². The van der Waals surface area contributed by atoms with Crippen LogP contribution in [0.3, 0.4) is 0 Å². The average Bonchev–Trinajstić information content (AvgIpc) is 2.71. The van der Waals surface area contributed by atoms with Gasteiger partial charge in [0, 0.05) is 0 Å². The molecule has 0 aromatic rings. The fraction of sp³-hybridized carbons (Fsp3) is 1.00. The zero-order valence-electron chi connectivity index (χ0n) is 19.9. The summed E-state index contributed by atoms with van der Waals surface area (Å²) >= 11 is 0. The van der Waals surface area contributed by atoms with Crippen LogP contribution < -0.4 is 0 Å². The zero-order chi connectivity index (χ0) is 20.5. The second-order valence-electron chi connectivity index (χ2n) is 9.28. The lowest BCUT2D eigenvalue weighted by Gasteiger charge is -2.17. The topological polar surface area (TPSA) is 0 Å². The molecule has 170 valence electrons. The molecule has 0 bridgehead atoms. The van der Waals surface area contributed by atoms with E-state index < -0.39 is 0 Å². The lowest BCUT2D eigenvalue weighted by atomic mass is 9.89. The fourth-order valence-electron chi connectivity index (χ4n) is 4.45. The monoisotopic (exact) mass is 398 g/mol. The zero-order valence-corrected chi connectivity index (χ0v) is 19.9. The molecule has 0 aliphatic carbocycles. The molecule has 1 unspecified atom stereocenters. The number of hydrogen-bond acceptors (Lipinski definition) is 0. The van der Waals surface area contributed by atoms with Crippen molar-refractivity contribution < 1.29 is 4.39 Å². The summed E-state index contributed by atoms with van der Waals surface area (Å²) in [4.78, 5) is 0. The molecular weight excluding hydrogens is 343 g/mol. The smallest absolute Gasteiger partial charge is 0.0894 e. The van der Waals surface area contributed by atoms with E-state index in [0.29, 0.717) is 0 Å². The molecule has 0 saturated heterocycles. The lowest BCUT2D eigenvalue weighted by Crippen LogP contribution is -2.01. The molecular formula is C27H55F. The van der Waals surface area contributed by atoms with Crippen molar-refractivity contribution in [3.8, 4) is 0 Å². The van der Waals surface area contributed by atoms with E-state index in [1.807, 2.05) is 0 Å². The van der Waals surface area contributed by atoms with Crippen LogP contribution in [0.4, 0.5) is 4.39 Å². The van der Waals surface area contributed by atoms with Gasteiger partial charge >= 0.3 is 0 Å². The summed E-state index contributed by atoms with van der Waals surface area (Å²) in [6.07, 6.45) is 31.8. The van der Waals surface area contributed by atoms with Gasteiger partial charge in [0.1, 0.15) is 0 Å². The van der Waals surface area contributed by atoms with Crippen LogP contribution in [0.15, 0.2) is 0 Å². The molecule has 0 N–H and O–H groups in total. The summed E-state index contributed by atoms with van der Waals surface area (Å²) in [7, 11) is 0. The number of rotatable bonds is 24. The minimum atomic E-state index is -0.126. The van der Waals surface area contributed by atoms with E-state index in [4.69, 9.17) is 0 Å². The Bertz CT molecular complexity index is 243. The molecule has 0 radical (unpaired) electrons. The van der Waals surface area contributed by atoms with Gasteiger partial charge in [-0.3, -0.25) is 4.39 Å². The Kier molecular flexibility index (Phi) is 24.9. The van der Waals surface area contributed by atoms with Gasteiger partial charge in [-0.25, -0.2) is 0 Å². The maximum Gasteiger partial charge on any atom is 0.0894 e. The van der Waals surface area contributed by atoms with Crippen molar-refractivity contribution in [1.29, 1.82) is 0 Å². The van der Waals surface area contributed by atoms with Gasteiger partial charge in [0.15, 0.2) is 0 Å². The van der Waals surface area contributed by atoms with Crippen LogP contribution in [-0.2, 0) is 0 Å². The van der Waals surface area contributed by atoms with Gasteiger partial charge in [0.2, 0.25) is 0 Å². The molecule has 28 heavy (non-hydrogen) atoms. The lowest BCUT2D eigenvalue weighted by molar-refractivity contribution is 0.365. The maximum atomic E-state index is 12.1. The van der Waals surface area contributed by atoms with Gasteiger partial charge in [-0.2, -0.15) is 0 Å². The molecule has 0 spiro atoms. The molecule has 0 amide bonds. The van der Waals surface area contributed by atoms with Crippen molar-refractivity contribution in [2.45, 2.75) is 162 Å². The largest absolute Gasteiger partial charge is 0.251 e. The summed E-state index contributed by atoms with van der Waals surface area (Å²) in [5.41, 5.74) is 0. The van der Waals surface area contributed by atoms with E-state index in [0.717, 1.165) is 18.8 Å². The van der Waals surface area contributed by atoms with Gasteiger partial charge in [-0.1, -0.05) is 155 Å². The van der Waals surface area contributed by atoms with E-state index in [1.165, 1.54) is 135 Å². The molecule has 0 nitrogen and oxygen atoms in total. The predicted molar refractivity (Wildman–Crippen MR) is 127 cm³/mol. The Hall–Kier alpha value is -0.0700. The highest BCUT2D eigenvalue weighted by atomic mass is 19.1. The number of unbranched alkanes of at least 4 members (excludes halogenated alkanes) is 17. The third-order valence-corrected chi connectivity index (χ3v) is 6.43. The van der Waals surface area contributed by atoms with Crippen molar-refractivity contribution >= 4 is 0 Å². The van der Waals surface area contributed by atoms with E-state index in [1.54, 1.807) is 0 Å². The van der Waals surface area contributed by atoms with Crippen molar-refractivity contribution in [3.05, 3.63) is 0 Å². The molecule has 1 atom stereocenters. The highest BCUT2D eigenvalue weighted by molar-refractivity contribution is 4.62. The van der Waals surface area contributed by atoms with Crippen LogP contribution in [-0.4, -0.2) is 6.67 Å². The maximum absolute atomic E-state index is 12.1. The molecule has 0 aliphatic rings. The number of alkyl halides is 1. The Morgan fingerprint density at radius 1 is 0.393 bits per heavy atom. The van der Waals surface area contributed by atoms with E-state index in [9.17, 15) is 4.39 Å². The molecule has 0 aromatic heterocycles. The molecule has 0 aromatic carbocycles. The Morgan fingerprint density at radius 3 is 1.00 bits per heavy atom. The molecule has 0 rings (SSSR count). The van der Waals surface area contributed by atoms with E-state index in [2.05, 4.69) is 13.8 Å². The number of halogens is 1. The quantitative estimate of drug-likeness (QED) is 0.142. The van der Waals surface area contributed by atoms with Crippen molar-refractivity contribution in [1.82, 2.24) is 0 Å². The third-order valence-electron chi connectivity index (χ3n) is 6.43. The molecule has 0 fully saturated rings. The van der Waals surface area contributed by atoms with Gasteiger partial charge in [0.05, 0.1) is 6.67 Å². The second-order valence-corrected chi connectivity index (χ2v) is 9.28.